The molecule has 3 rings (SSSR count). The molecule has 0 bridgehead atoms. The third-order valence-corrected chi connectivity index (χ3v) is 3.73. The van der Waals surface area contributed by atoms with Crippen molar-refractivity contribution >= 4 is 5.97 Å². The summed E-state index contributed by atoms with van der Waals surface area (Å²) in [5.74, 6) is 1.06. The highest BCUT2D eigenvalue weighted by Crippen LogP contribution is 2.47. The fraction of sp³-hybridized carbons (Fsp3) is 0.235. The van der Waals surface area contributed by atoms with Crippen LogP contribution in [-0.2, 0) is 10.2 Å². The van der Waals surface area contributed by atoms with E-state index in [2.05, 4.69) is 0 Å². The Labute approximate surface area is 118 Å². The van der Waals surface area contributed by atoms with Crippen LogP contribution in [0.5, 0.6) is 11.5 Å². The highest BCUT2D eigenvalue weighted by molar-refractivity contribution is 5.94. The fourth-order valence-corrected chi connectivity index (χ4v) is 2.61. The van der Waals surface area contributed by atoms with Crippen molar-refractivity contribution < 1.29 is 14.3 Å². The lowest BCUT2D eigenvalue weighted by Gasteiger charge is -2.18. The molecule has 20 heavy (non-hydrogen) atoms. The predicted octanol–water partition coefficient (Wildman–Crippen LogP) is 3.56. The lowest BCUT2D eigenvalue weighted by molar-refractivity contribution is -0.137. The van der Waals surface area contributed by atoms with Gasteiger partial charge in [-0.15, -0.1) is 0 Å². The van der Waals surface area contributed by atoms with Crippen molar-refractivity contribution in [3.63, 3.8) is 0 Å². The second kappa shape index (κ2) is 4.37. The predicted molar refractivity (Wildman–Crippen MR) is 77.1 cm³/mol. The van der Waals surface area contributed by atoms with E-state index in [0.29, 0.717) is 11.5 Å². The van der Waals surface area contributed by atoms with Crippen LogP contribution < -0.4 is 9.47 Å². The van der Waals surface area contributed by atoms with E-state index in [0.717, 1.165) is 16.7 Å². The van der Waals surface area contributed by atoms with Gasteiger partial charge in [-0.05, 0) is 31.0 Å². The Morgan fingerprint density at radius 3 is 2.45 bits per heavy atom. The molecule has 0 saturated carbocycles. The molecule has 2 aromatic carbocycles. The summed E-state index contributed by atoms with van der Waals surface area (Å²) in [5, 5.41) is 0. The molecule has 3 nitrogen and oxygen atoms in total. The number of ether oxygens (including phenoxy) is 2. The first-order valence-electron chi connectivity index (χ1n) is 6.54. The van der Waals surface area contributed by atoms with Gasteiger partial charge in [0, 0.05) is 11.6 Å². The molecule has 1 aliphatic heterocycles. The van der Waals surface area contributed by atoms with Gasteiger partial charge in [0.05, 0.1) is 12.5 Å². The quantitative estimate of drug-likeness (QED) is 0.617. The van der Waals surface area contributed by atoms with Gasteiger partial charge in [0.2, 0.25) is 0 Å². The van der Waals surface area contributed by atoms with E-state index in [1.54, 1.807) is 13.2 Å². The van der Waals surface area contributed by atoms with Gasteiger partial charge in [0.15, 0.2) is 0 Å². The van der Waals surface area contributed by atoms with E-state index in [1.807, 2.05) is 50.2 Å². The van der Waals surface area contributed by atoms with Gasteiger partial charge in [-0.2, -0.15) is 0 Å². The van der Waals surface area contributed by atoms with Crippen LogP contribution >= 0.6 is 0 Å². The Kier molecular flexibility index (Phi) is 2.78. The largest absolute Gasteiger partial charge is 0.497 e. The highest BCUT2D eigenvalue weighted by atomic mass is 16.5. The Bertz CT molecular complexity index is 672. The zero-order valence-electron chi connectivity index (χ0n) is 11.8. The Hall–Kier alpha value is -2.29. The van der Waals surface area contributed by atoms with E-state index in [4.69, 9.17) is 9.47 Å². The first-order valence-corrected chi connectivity index (χ1v) is 6.54. The number of benzene rings is 2. The lowest BCUT2D eigenvalue weighted by atomic mass is 9.81. The average Bonchev–Trinajstić information content (AvgIpc) is 2.69. The maximum atomic E-state index is 12.1. The summed E-state index contributed by atoms with van der Waals surface area (Å²) in [5.41, 5.74) is 2.31. The molecule has 0 unspecified atom stereocenters. The summed E-state index contributed by atoms with van der Waals surface area (Å²) in [6.07, 6.45) is 0. The lowest BCUT2D eigenvalue weighted by Crippen LogP contribution is -2.26. The zero-order chi connectivity index (χ0) is 14.3. The smallest absolute Gasteiger partial charge is 0.321 e. The third kappa shape index (κ3) is 1.78. The van der Waals surface area contributed by atoms with Crippen molar-refractivity contribution in [1.82, 2.24) is 0 Å². The molecular weight excluding hydrogens is 252 g/mol. The zero-order valence-corrected chi connectivity index (χ0v) is 11.8. The number of fused-ring (bicyclic) bond motifs is 1. The van der Waals surface area contributed by atoms with Crippen LogP contribution in [0.2, 0.25) is 0 Å². The number of methoxy groups -OCH3 is 1. The minimum atomic E-state index is -0.646. The molecule has 0 aromatic heterocycles. The standard InChI is InChI=1S/C17H16O3/c1-17(2)15-13(11-7-5-4-6-8-11)9-12(19-3)10-14(15)20-16(17)18/h4-10H,1-3H3. The van der Waals surface area contributed by atoms with E-state index >= 15 is 0 Å². The van der Waals surface area contributed by atoms with Crippen LogP contribution in [0, 0.1) is 0 Å². The summed E-state index contributed by atoms with van der Waals surface area (Å²) in [6, 6.07) is 13.7. The highest BCUT2D eigenvalue weighted by Gasteiger charge is 2.43. The number of rotatable bonds is 2. The number of hydrogen-bond donors (Lipinski definition) is 0. The second-order valence-electron chi connectivity index (χ2n) is 5.43. The average molecular weight is 268 g/mol. The number of hydrogen-bond acceptors (Lipinski definition) is 3. The molecule has 0 fully saturated rings. The fourth-order valence-electron chi connectivity index (χ4n) is 2.61. The minimum absolute atomic E-state index is 0.224. The van der Waals surface area contributed by atoms with Crippen molar-refractivity contribution in [2.24, 2.45) is 0 Å². The summed E-state index contributed by atoms with van der Waals surface area (Å²) < 4.78 is 10.7. The number of carbonyl (C=O) groups is 1. The molecule has 0 spiro atoms. The maximum absolute atomic E-state index is 12.1. The van der Waals surface area contributed by atoms with E-state index in [1.165, 1.54) is 0 Å². The van der Waals surface area contributed by atoms with Crippen LogP contribution in [-0.4, -0.2) is 13.1 Å². The van der Waals surface area contributed by atoms with Crippen molar-refractivity contribution in [3.8, 4) is 22.6 Å². The van der Waals surface area contributed by atoms with Crippen molar-refractivity contribution in [2.75, 3.05) is 7.11 Å². The molecule has 1 aliphatic rings. The summed E-state index contributed by atoms with van der Waals surface area (Å²) in [6.45, 7) is 3.78. The molecule has 0 amide bonds. The maximum Gasteiger partial charge on any atom is 0.321 e. The molecule has 0 N–H and O–H groups in total. The third-order valence-electron chi connectivity index (χ3n) is 3.73. The topological polar surface area (TPSA) is 35.5 Å². The molecule has 0 radical (unpaired) electrons. The van der Waals surface area contributed by atoms with Crippen molar-refractivity contribution in [1.29, 1.82) is 0 Å². The SMILES string of the molecule is COc1cc2c(c(-c3ccccc3)c1)C(C)(C)C(=O)O2. The molecule has 3 heteroatoms. The summed E-state index contributed by atoms with van der Waals surface area (Å²) in [7, 11) is 1.61. The van der Waals surface area contributed by atoms with Gasteiger partial charge in [-0.1, -0.05) is 30.3 Å². The van der Waals surface area contributed by atoms with Gasteiger partial charge in [-0.25, -0.2) is 0 Å². The van der Waals surface area contributed by atoms with E-state index in [9.17, 15) is 4.79 Å². The molecule has 0 aliphatic carbocycles. The Morgan fingerprint density at radius 1 is 1.10 bits per heavy atom. The van der Waals surface area contributed by atoms with Gasteiger partial charge in [-0.3, -0.25) is 4.79 Å². The molecule has 2 aromatic rings. The normalized spacial score (nSPS) is 15.7. The van der Waals surface area contributed by atoms with Crippen molar-refractivity contribution in [3.05, 3.63) is 48.0 Å². The molecule has 0 atom stereocenters. The molecule has 1 heterocycles. The van der Waals surface area contributed by atoms with Gasteiger partial charge < -0.3 is 9.47 Å². The molecule has 102 valence electrons. The first-order chi connectivity index (χ1) is 9.54. The summed E-state index contributed by atoms with van der Waals surface area (Å²) in [4.78, 5) is 12.1. The van der Waals surface area contributed by atoms with E-state index in [-0.39, 0.29) is 5.97 Å². The van der Waals surface area contributed by atoms with Crippen LogP contribution in [0.15, 0.2) is 42.5 Å². The van der Waals surface area contributed by atoms with E-state index < -0.39 is 5.41 Å². The van der Waals surface area contributed by atoms with Gasteiger partial charge >= 0.3 is 5.97 Å². The van der Waals surface area contributed by atoms with Crippen LogP contribution in [0.4, 0.5) is 0 Å². The van der Waals surface area contributed by atoms with Crippen LogP contribution in [0.25, 0.3) is 11.1 Å². The van der Waals surface area contributed by atoms with Gasteiger partial charge in [0.25, 0.3) is 0 Å². The number of esters is 1. The van der Waals surface area contributed by atoms with Crippen LogP contribution in [0.1, 0.15) is 19.4 Å². The van der Waals surface area contributed by atoms with Crippen molar-refractivity contribution in [2.45, 2.75) is 19.3 Å². The Morgan fingerprint density at radius 2 is 1.80 bits per heavy atom. The van der Waals surface area contributed by atoms with Crippen LogP contribution in [0.3, 0.4) is 0 Å². The minimum Gasteiger partial charge on any atom is -0.497 e. The number of carbonyl (C=O) groups excluding carboxylic acids is 1. The monoisotopic (exact) mass is 268 g/mol. The summed E-state index contributed by atoms with van der Waals surface area (Å²) >= 11 is 0. The Balaban J connectivity index is 2.30. The molecule has 0 saturated heterocycles. The second-order valence-corrected chi connectivity index (χ2v) is 5.43. The van der Waals surface area contributed by atoms with Gasteiger partial charge in [0.1, 0.15) is 11.5 Å². The molecular formula is C17H16O3. The first kappa shape index (κ1) is 12.7.